The van der Waals surface area contributed by atoms with Crippen LogP contribution in [-0.2, 0) is 13.0 Å². The molecule has 1 aromatic heterocycles. The predicted octanol–water partition coefficient (Wildman–Crippen LogP) is 3.34. The minimum absolute atomic E-state index is 0.0975. The Labute approximate surface area is 139 Å². The molecule has 0 saturated carbocycles. The van der Waals surface area contributed by atoms with E-state index < -0.39 is 5.76 Å². The maximum atomic E-state index is 12.5. The normalized spacial score (nSPS) is 10.7. The van der Waals surface area contributed by atoms with Gasteiger partial charge in [-0.15, -0.1) is 0 Å². The standard InChI is InChI=1S/C19H18N2O3/c1-2-6-14-9-11-15(12-10-14)17(22)13-21-18(20-24-19(21)23)16-7-4-3-5-8-16/h3-5,7-12H,2,6,13H2,1H3. The third-order valence-electron chi connectivity index (χ3n) is 3.83. The van der Waals surface area contributed by atoms with Crippen molar-refractivity contribution in [1.82, 2.24) is 9.72 Å². The summed E-state index contributed by atoms with van der Waals surface area (Å²) >= 11 is 0. The van der Waals surface area contributed by atoms with Crippen LogP contribution in [0.25, 0.3) is 11.4 Å². The molecule has 0 fully saturated rings. The molecule has 3 rings (SSSR count). The number of Topliss-reactive ketones (excluding diaryl/α,β-unsaturated/α-hetero) is 1. The average molecular weight is 322 g/mol. The summed E-state index contributed by atoms with van der Waals surface area (Å²) in [4.78, 5) is 24.4. The second-order valence-corrected chi connectivity index (χ2v) is 5.59. The lowest BCUT2D eigenvalue weighted by molar-refractivity contribution is 0.0969. The summed E-state index contributed by atoms with van der Waals surface area (Å²) in [6, 6.07) is 16.7. The van der Waals surface area contributed by atoms with E-state index >= 15 is 0 Å². The minimum atomic E-state index is -0.634. The van der Waals surface area contributed by atoms with E-state index in [1.165, 1.54) is 10.1 Å². The number of aromatic nitrogens is 2. The highest BCUT2D eigenvalue weighted by atomic mass is 16.5. The summed E-state index contributed by atoms with van der Waals surface area (Å²) in [6.07, 6.45) is 2.04. The molecular formula is C19H18N2O3. The number of aryl methyl sites for hydroxylation is 1. The molecule has 122 valence electrons. The molecule has 0 unspecified atom stereocenters. The van der Waals surface area contributed by atoms with Gasteiger partial charge in [0.15, 0.2) is 11.6 Å². The molecule has 0 N–H and O–H groups in total. The second-order valence-electron chi connectivity index (χ2n) is 5.59. The Hall–Kier alpha value is -2.95. The zero-order valence-electron chi connectivity index (χ0n) is 13.4. The Morgan fingerprint density at radius 2 is 1.79 bits per heavy atom. The summed E-state index contributed by atoms with van der Waals surface area (Å²) in [5.41, 5.74) is 2.50. The van der Waals surface area contributed by atoms with Gasteiger partial charge in [0.2, 0.25) is 0 Å². The van der Waals surface area contributed by atoms with Crippen LogP contribution >= 0.6 is 0 Å². The lowest BCUT2D eigenvalue weighted by Gasteiger charge is -2.05. The van der Waals surface area contributed by atoms with Crippen molar-refractivity contribution in [1.29, 1.82) is 0 Å². The van der Waals surface area contributed by atoms with Crippen LogP contribution in [0.1, 0.15) is 29.3 Å². The van der Waals surface area contributed by atoms with Crippen LogP contribution in [0.4, 0.5) is 0 Å². The van der Waals surface area contributed by atoms with Gasteiger partial charge in [-0.3, -0.25) is 9.32 Å². The summed E-state index contributed by atoms with van der Waals surface area (Å²) in [5.74, 6) is -0.429. The average Bonchev–Trinajstić information content (AvgIpc) is 2.97. The molecule has 0 amide bonds. The van der Waals surface area contributed by atoms with Crippen LogP contribution < -0.4 is 5.76 Å². The fourth-order valence-electron chi connectivity index (χ4n) is 2.58. The van der Waals surface area contributed by atoms with Crippen LogP contribution in [0.5, 0.6) is 0 Å². The first-order valence-electron chi connectivity index (χ1n) is 7.93. The number of benzene rings is 2. The number of hydrogen-bond donors (Lipinski definition) is 0. The first-order chi connectivity index (χ1) is 11.7. The predicted molar refractivity (Wildman–Crippen MR) is 91.0 cm³/mol. The molecule has 0 radical (unpaired) electrons. The molecule has 0 bridgehead atoms. The lowest BCUT2D eigenvalue weighted by atomic mass is 10.1. The topological polar surface area (TPSA) is 65.1 Å². The smallest absolute Gasteiger partial charge is 0.295 e. The Morgan fingerprint density at radius 3 is 2.46 bits per heavy atom. The zero-order chi connectivity index (χ0) is 16.9. The van der Waals surface area contributed by atoms with E-state index in [0.29, 0.717) is 11.4 Å². The third kappa shape index (κ3) is 3.35. The number of nitrogens with zero attached hydrogens (tertiary/aromatic N) is 2. The largest absolute Gasteiger partial charge is 0.442 e. The summed E-state index contributed by atoms with van der Waals surface area (Å²) < 4.78 is 6.00. The summed E-state index contributed by atoms with van der Waals surface area (Å²) in [5, 5.41) is 3.79. The van der Waals surface area contributed by atoms with E-state index in [4.69, 9.17) is 4.52 Å². The molecule has 5 heteroatoms. The van der Waals surface area contributed by atoms with Gasteiger partial charge in [-0.2, -0.15) is 0 Å². The SMILES string of the molecule is CCCc1ccc(C(=O)Cn2c(-c3ccccc3)noc2=O)cc1. The van der Waals surface area contributed by atoms with Crippen LogP contribution in [0.2, 0.25) is 0 Å². The number of ketones is 1. The first kappa shape index (κ1) is 15.9. The van der Waals surface area contributed by atoms with Crippen molar-refractivity contribution in [3.63, 3.8) is 0 Å². The summed E-state index contributed by atoms with van der Waals surface area (Å²) in [6.45, 7) is 2.02. The van der Waals surface area contributed by atoms with Crippen molar-refractivity contribution < 1.29 is 9.32 Å². The quantitative estimate of drug-likeness (QED) is 0.653. The first-order valence-corrected chi connectivity index (χ1v) is 7.93. The highest BCUT2D eigenvalue weighted by molar-refractivity contribution is 5.96. The molecule has 0 atom stereocenters. The molecule has 24 heavy (non-hydrogen) atoms. The highest BCUT2D eigenvalue weighted by Crippen LogP contribution is 2.16. The molecule has 0 saturated heterocycles. The van der Waals surface area contributed by atoms with E-state index in [9.17, 15) is 9.59 Å². The number of carbonyl (C=O) groups excluding carboxylic acids is 1. The monoisotopic (exact) mass is 322 g/mol. The highest BCUT2D eigenvalue weighted by Gasteiger charge is 2.16. The van der Waals surface area contributed by atoms with E-state index in [-0.39, 0.29) is 12.3 Å². The van der Waals surface area contributed by atoms with Gasteiger partial charge in [0.05, 0.1) is 6.54 Å². The van der Waals surface area contributed by atoms with Gasteiger partial charge in [0, 0.05) is 11.1 Å². The van der Waals surface area contributed by atoms with Gasteiger partial charge in [0.25, 0.3) is 0 Å². The van der Waals surface area contributed by atoms with E-state index in [1.54, 1.807) is 12.1 Å². The van der Waals surface area contributed by atoms with Crippen LogP contribution in [0.3, 0.4) is 0 Å². The van der Waals surface area contributed by atoms with Gasteiger partial charge in [-0.25, -0.2) is 9.36 Å². The zero-order valence-corrected chi connectivity index (χ0v) is 13.4. The van der Waals surface area contributed by atoms with Crippen molar-refractivity contribution in [2.75, 3.05) is 0 Å². The van der Waals surface area contributed by atoms with Crippen molar-refractivity contribution >= 4 is 5.78 Å². The number of hydrogen-bond acceptors (Lipinski definition) is 4. The maximum absolute atomic E-state index is 12.5. The third-order valence-corrected chi connectivity index (χ3v) is 3.83. The minimum Gasteiger partial charge on any atom is -0.295 e. The van der Waals surface area contributed by atoms with E-state index in [1.807, 2.05) is 42.5 Å². The van der Waals surface area contributed by atoms with Crippen molar-refractivity contribution in [3.8, 4) is 11.4 Å². The Bertz CT molecular complexity index is 877. The molecule has 1 heterocycles. The van der Waals surface area contributed by atoms with Gasteiger partial charge in [-0.05, 0) is 12.0 Å². The molecular weight excluding hydrogens is 304 g/mol. The van der Waals surface area contributed by atoms with E-state index in [2.05, 4.69) is 12.1 Å². The van der Waals surface area contributed by atoms with Crippen molar-refractivity contribution in [3.05, 3.63) is 76.3 Å². The molecule has 5 nitrogen and oxygen atoms in total. The molecule has 0 spiro atoms. The maximum Gasteiger partial charge on any atom is 0.442 e. The van der Waals surface area contributed by atoms with Gasteiger partial charge < -0.3 is 0 Å². The number of rotatable bonds is 6. The fraction of sp³-hybridized carbons (Fsp3) is 0.211. The van der Waals surface area contributed by atoms with Gasteiger partial charge >= 0.3 is 5.76 Å². The van der Waals surface area contributed by atoms with Crippen LogP contribution in [-0.4, -0.2) is 15.5 Å². The summed E-state index contributed by atoms with van der Waals surface area (Å²) in [7, 11) is 0. The van der Waals surface area contributed by atoms with Crippen LogP contribution in [0, 0.1) is 0 Å². The Kier molecular flexibility index (Phi) is 4.70. The van der Waals surface area contributed by atoms with Crippen molar-refractivity contribution in [2.45, 2.75) is 26.3 Å². The van der Waals surface area contributed by atoms with E-state index in [0.717, 1.165) is 18.4 Å². The molecule has 3 aromatic rings. The van der Waals surface area contributed by atoms with Gasteiger partial charge in [-0.1, -0.05) is 73.1 Å². The number of carbonyl (C=O) groups is 1. The fourth-order valence-corrected chi connectivity index (χ4v) is 2.58. The molecule has 0 aliphatic heterocycles. The second kappa shape index (κ2) is 7.08. The molecule has 0 aliphatic rings. The Balaban J connectivity index is 1.85. The van der Waals surface area contributed by atoms with Gasteiger partial charge in [0.1, 0.15) is 0 Å². The van der Waals surface area contributed by atoms with Crippen LogP contribution in [0.15, 0.2) is 63.9 Å². The molecule has 0 aliphatic carbocycles. The molecule has 2 aromatic carbocycles. The van der Waals surface area contributed by atoms with Crippen molar-refractivity contribution in [2.24, 2.45) is 0 Å². The lowest BCUT2D eigenvalue weighted by Crippen LogP contribution is -2.21. The Morgan fingerprint density at radius 1 is 1.08 bits per heavy atom.